The number of hydrogen-bond donors (Lipinski definition) is 0. The second-order valence-electron chi connectivity index (χ2n) is 2.75. The van der Waals surface area contributed by atoms with Gasteiger partial charge in [0.05, 0.1) is 25.2 Å². The molecule has 0 bridgehead atoms. The van der Waals surface area contributed by atoms with E-state index in [1.54, 1.807) is 0 Å². The number of allylic oxidation sites excluding steroid dienone is 3. The molecular weight excluding hydrogens is 165 g/mol. The molecule has 2 heterocycles. The molecular formula is C10H11NP+. The molecule has 0 aromatic carbocycles. The van der Waals surface area contributed by atoms with Gasteiger partial charge in [-0.3, -0.25) is 4.98 Å². The Labute approximate surface area is 73.6 Å². The van der Waals surface area contributed by atoms with E-state index < -0.39 is 7.92 Å². The quantitative estimate of drug-likeness (QED) is 0.596. The molecule has 0 fully saturated rings. The molecule has 12 heavy (non-hydrogen) atoms. The first-order valence-electron chi connectivity index (χ1n) is 4.06. The van der Waals surface area contributed by atoms with E-state index in [-0.39, 0.29) is 0 Å². The Bertz CT molecular complexity index is 303. The summed E-state index contributed by atoms with van der Waals surface area (Å²) >= 11 is 0. The largest absolute Gasteiger partial charge is 0.264 e. The van der Waals surface area contributed by atoms with Crippen LogP contribution in [0.5, 0.6) is 0 Å². The molecule has 0 radical (unpaired) electrons. The molecule has 1 atom stereocenters. The van der Waals surface area contributed by atoms with Gasteiger partial charge in [-0.15, -0.1) is 0 Å². The molecule has 0 saturated carbocycles. The molecule has 60 valence electrons. The fourth-order valence-electron chi connectivity index (χ4n) is 1.29. The fraction of sp³-hybridized carbons (Fsp3) is 0.100. The lowest BCUT2D eigenvalue weighted by Crippen LogP contribution is -2.01. The zero-order valence-electron chi connectivity index (χ0n) is 6.77. The Hall–Kier alpha value is -0.940. The average molecular weight is 176 g/mol. The van der Waals surface area contributed by atoms with E-state index in [1.807, 2.05) is 12.4 Å². The Morgan fingerprint density at radius 3 is 2.67 bits per heavy atom. The van der Waals surface area contributed by atoms with Crippen LogP contribution < -0.4 is 5.30 Å². The maximum absolute atomic E-state index is 4.01. The Kier molecular flexibility index (Phi) is 2.33. The van der Waals surface area contributed by atoms with Gasteiger partial charge in [0.25, 0.3) is 0 Å². The second kappa shape index (κ2) is 3.64. The lowest BCUT2D eigenvalue weighted by molar-refractivity contribution is 1.34. The predicted octanol–water partition coefficient (Wildman–Crippen LogP) is 2.00. The van der Waals surface area contributed by atoms with Crippen LogP contribution in [-0.2, 0) is 0 Å². The molecule has 1 aromatic heterocycles. The van der Waals surface area contributed by atoms with Crippen molar-refractivity contribution in [2.45, 2.75) is 0 Å². The molecule has 1 nitrogen and oxygen atoms in total. The van der Waals surface area contributed by atoms with Crippen LogP contribution >= 0.6 is 7.92 Å². The smallest absolute Gasteiger partial charge is 0.0994 e. The molecule has 1 aliphatic rings. The number of hydrogen-bond acceptors (Lipinski definition) is 1. The molecule has 1 unspecified atom stereocenters. The zero-order chi connectivity index (χ0) is 8.23. The monoisotopic (exact) mass is 176 g/mol. The van der Waals surface area contributed by atoms with Gasteiger partial charge in [0.15, 0.2) is 0 Å². The van der Waals surface area contributed by atoms with Crippen molar-refractivity contribution in [2.24, 2.45) is 0 Å². The summed E-state index contributed by atoms with van der Waals surface area (Å²) in [6.45, 7) is 0. The molecule has 2 rings (SSSR count). The predicted molar refractivity (Wildman–Crippen MR) is 55.3 cm³/mol. The molecule has 1 aromatic rings. The van der Waals surface area contributed by atoms with Crippen molar-refractivity contribution in [3.8, 4) is 0 Å². The summed E-state index contributed by atoms with van der Waals surface area (Å²) in [5.74, 6) is 2.33. The van der Waals surface area contributed by atoms with Gasteiger partial charge >= 0.3 is 0 Å². The number of pyridine rings is 1. The summed E-state index contributed by atoms with van der Waals surface area (Å²) in [6, 6.07) is 4.25. The molecule has 0 spiro atoms. The van der Waals surface area contributed by atoms with E-state index in [2.05, 4.69) is 41.2 Å². The van der Waals surface area contributed by atoms with Crippen molar-refractivity contribution >= 4 is 13.2 Å². The fourth-order valence-corrected chi connectivity index (χ4v) is 3.17. The minimum atomic E-state index is -0.433. The van der Waals surface area contributed by atoms with Crippen LogP contribution in [0.25, 0.3) is 0 Å². The van der Waals surface area contributed by atoms with Gasteiger partial charge < -0.3 is 0 Å². The normalized spacial score (nSPS) is 21.2. The van der Waals surface area contributed by atoms with E-state index in [9.17, 15) is 0 Å². The highest BCUT2D eigenvalue weighted by atomic mass is 31.1. The number of aromatic nitrogens is 1. The second-order valence-corrected chi connectivity index (χ2v) is 5.12. The molecule has 0 aliphatic carbocycles. The van der Waals surface area contributed by atoms with E-state index in [0.717, 1.165) is 0 Å². The minimum Gasteiger partial charge on any atom is -0.264 e. The summed E-state index contributed by atoms with van der Waals surface area (Å²) in [5.41, 5.74) is 0. The van der Waals surface area contributed by atoms with Gasteiger partial charge in [-0.25, -0.2) is 0 Å². The highest BCUT2D eigenvalue weighted by Gasteiger charge is 2.14. The summed E-state index contributed by atoms with van der Waals surface area (Å²) < 4.78 is 0. The zero-order valence-corrected chi connectivity index (χ0v) is 7.77. The van der Waals surface area contributed by atoms with Crippen molar-refractivity contribution in [1.29, 1.82) is 0 Å². The van der Waals surface area contributed by atoms with Gasteiger partial charge in [0.2, 0.25) is 0 Å². The maximum Gasteiger partial charge on any atom is 0.0994 e. The minimum absolute atomic E-state index is 0.433. The third-order valence-corrected chi connectivity index (χ3v) is 4.28. The maximum atomic E-state index is 4.01. The van der Waals surface area contributed by atoms with E-state index in [1.165, 1.54) is 11.5 Å². The number of rotatable bonds is 1. The lowest BCUT2D eigenvalue weighted by atomic mass is 10.5. The first-order chi connectivity index (χ1) is 5.97. The van der Waals surface area contributed by atoms with Gasteiger partial charge in [0.1, 0.15) is 0 Å². The highest BCUT2D eigenvalue weighted by molar-refractivity contribution is 7.68. The van der Waals surface area contributed by atoms with Crippen LogP contribution in [0.3, 0.4) is 0 Å². The molecule has 2 heteroatoms. The summed E-state index contributed by atoms with van der Waals surface area (Å²) in [6.07, 6.45) is 11.5. The van der Waals surface area contributed by atoms with E-state index in [0.29, 0.717) is 0 Å². The van der Waals surface area contributed by atoms with E-state index >= 15 is 0 Å². The van der Waals surface area contributed by atoms with Crippen LogP contribution in [0.2, 0.25) is 0 Å². The SMILES string of the molecule is C1=CC[PH+](c2ccncc2)C=C1. The van der Waals surface area contributed by atoms with Crippen LogP contribution in [0.1, 0.15) is 0 Å². The summed E-state index contributed by atoms with van der Waals surface area (Å²) in [7, 11) is -0.433. The lowest BCUT2D eigenvalue weighted by Gasteiger charge is -2.04. The van der Waals surface area contributed by atoms with Crippen LogP contribution in [0.15, 0.2) is 48.6 Å². The third kappa shape index (κ3) is 1.62. The van der Waals surface area contributed by atoms with Crippen LogP contribution in [0, 0.1) is 0 Å². The van der Waals surface area contributed by atoms with Gasteiger partial charge in [-0.2, -0.15) is 0 Å². The Morgan fingerprint density at radius 2 is 2.00 bits per heavy atom. The number of nitrogens with zero attached hydrogens (tertiary/aromatic N) is 1. The van der Waals surface area contributed by atoms with Crippen molar-refractivity contribution in [1.82, 2.24) is 4.98 Å². The highest BCUT2D eigenvalue weighted by Crippen LogP contribution is 2.37. The molecule has 0 saturated heterocycles. The standard InChI is InChI=1S/C10H10NP/c1-2-8-12(9-3-1)10-4-6-11-7-5-10/h1-8H,9H2/p+1. The van der Waals surface area contributed by atoms with Gasteiger partial charge in [-0.1, -0.05) is 6.08 Å². The van der Waals surface area contributed by atoms with Gasteiger partial charge in [-0.05, 0) is 24.3 Å². The Balaban J connectivity index is 2.21. The average Bonchev–Trinajstić information content (AvgIpc) is 2.21. The van der Waals surface area contributed by atoms with E-state index in [4.69, 9.17) is 0 Å². The first-order valence-corrected chi connectivity index (χ1v) is 5.85. The van der Waals surface area contributed by atoms with Crippen molar-refractivity contribution in [3.05, 3.63) is 48.6 Å². The molecule has 0 N–H and O–H groups in total. The summed E-state index contributed by atoms with van der Waals surface area (Å²) in [4.78, 5) is 4.01. The van der Waals surface area contributed by atoms with Crippen molar-refractivity contribution in [2.75, 3.05) is 6.16 Å². The van der Waals surface area contributed by atoms with Gasteiger partial charge in [0, 0.05) is 12.4 Å². The third-order valence-electron chi connectivity index (χ3n) is 1.93. The first kappa shape index (κ1) is 7.70. The van der Waals surface area contributed by atoms with Crippen LogP contribution in [-0.4, -0.2) is 11.1 Å². The molecule has 1 aliphatic heterocycles. The Morgan fingerprint density at radius 1 is 1.17 bits per heavy atom. The summed E-state index contributed by atoms with van der Waals surface area (Å²) in [5, 5.41) is 1.45. The van der Waals surface area contributed by atoms with Crippen LogP contribution in [0.4, 0.5) is 0 Å². The topological polar surface area (TPSA) is 12.9 Å². The van der Waals surface area contributed by atoms with Crippen molar-refractivity contribution in [3.63, 3.8) is 0 Å². The van der Waals surface area contributed by atoms with Crippen molar-refractivity contribution < 1.29 is 0 Å². The molecule has 0 amide bonds.